The maximum atomic E-state index is 12.3. The first kappa shape index (κ1) is 16.1. The number of hydrogen-bond acceptors (Lipinski definition) is 6. The second-order valence-corrected chi connectivity index (χ2v) is 6.44. The largest absolute Gasteiger partial charge is 0.394 e. The minimum atomic E-state index is -3.56. The molecule has 0 radical (unpaired) electrons. The zero-order valence-electron chi connectivity index (χ0n) is 11.4. The van der Waals surface area contributed by atoms with Crippen molar-refractivity contribution in [3.05, 3.63) is 0 Å². The maximum absolute atomic E-state index is 12.3. The van der Waals surface area contributed by atoms with Gasteiger partial charge in [0.15, 0.2) is 0 Å². The Labute approximate surface area is 119 Å². The predicted molar refractivity (Wildman–Crippen MR) is 70.5 cm³/mol. The average Bonchev–Trinajstić information content (AvgIpc) is 2.47. The van der Waals surface area contributed by atoms with Gasteiger partial charge in [0.05, 0.1) is 45.2 Å². The van der Waals surface area contributed by atoms with E-state index in [2.05, 4.69) is 4.72 Å². The highest BCUT2D eigenvalue weighted by Crippen LogP contribution is 2.14. The van der Waals surface area contributed by atoms with Crippen LogP contribution in [0.4, 0.5) is 0 Å². The normalized spacial score (nSPS) is 29.4. The van der Waals surface area contributed by atoms with E-state index in [1.165, 1.54) is 4.31 Å². The van der Waals surface area contributed by atoms with Gasteiger partial charge in [-0.25, -0.2) is 0 Å². The molecule has 2 fully saturated rings. The minimum absolute atomic E-state index is 0.0830. The lowest BCUT2D eigenvalue weighted by molar-refractivity contribution is -0.0585. The van der Waals surface area contributed by atoms with Crippen LogP contribution in [0.1, 0.15) is 6.42 Å². The maximum Gasteiger partial charge on any atom is 0.280 e. The third kappa shape index (κ3) is 4.35. The molecule has 9 heteroatoms. The minimum Gasteiger partial charge on any atom is -0.394 e. The summed E-state index contributed by atoms with van der Waals surface area (Å²) in [4.78, 5) is 0. The van der Waals surface area contributed by atoms with Crippen molar-refractivity contribution in [2.24, 2.45) is 0 Å². The van der Waals surface area contributed by atoms with Crippen LogP contribution in [-0.4, -0.2) is 82.7 Å². The van der Waals surface area contributed by atoms with Crippen LogP contribution in [0.5, 0.6) is 0 Å². The molecule has 0 amide bonds. The highest BCUT2D eigenvalue weighted by atomic mass is 32.2. The zero-order chi connectivity index (χ0) is 14.4. The molecule has 2 N–H and O–H groups in total. The Hall–Kier alpha value is -0.290. The molecule has 2 aliphatic heterocycles. The van der Waals surface area contributed by atoms with E-state index in [0.29, 0.717) is 39.3 Å². The quantitative estimate of drug-likeness (QED) is 0.608. The molecule has 20 heavy (non-hydrogen) atoms. The predicted octanol–water partition coefficient (Wildman–Crippen LogP) is -1.68. The summed E-state index contributed by atoms with van der Waals surface area (Å²) in [5.74, 6) is 0. The summed E-state index contributed by atoms with van der Waals surface area (Å²) in [6, 6.07) is -0.428. The summed E-state index contributed by atoms with van der Waals surface area (Å²) >= 11 is 0. The Morgan fingerprint density at radius 3 is 2.70 bits per heavy atom. The van der Waals surface area contributed by atoms with Gasteiger partial charge in [-0.15, -0.1) is 0 Å². The molecule has 2 saturated heterocycles. The number of ether oxygens (including phenoxy) is 3. The fourth-order valence-corrected chi connectivity index (χ4v) is 3.67. The molecule has 0 aromatic carbocycles. The van der Waals surface area contributed by atoms with E-state index in [-0.39, 0.29) is 25.9 Å². The summed E-state index contributed by atoms with van der Waals surface area (Å²) in [6.45, 7) is 2.45. The Morgan fingerprint density at radius 2 is 2.00 bits per heavy atom. The lowest BCUT2D eigenvalue weighted by Gasteiger charge is -2.34. The van der Waals surface area contributed by atoms with E-state index in [4.69, 9.17) is 19.3 Å². The van der Waals surface area contributed by atoms with Gasteiger partial charge in [0.1, 0.15) is 0 Å². The molecule has 0 unspecified atom stereocenters. The van der Waals surface area contributed by atoms with Crippen LogP contribution in [0.2, 0.25) is 0 Å². The average molecular weight is 310 g/mol. The van der Waals surface area contributed by atoms with Gasteiger partial charge in [0, 0.05) is 19.7 Å². The molecular formula is C11H22N2O6S. The number of morpholine rings is 1. The second kappa shape index (κ2) is 7.64. The van der Waals surface area contributed by atoms with Gasteiger partial charge < -0.3 is 19.3 Å². The fourth-order valence-electron chi connectivity index (χ4n) is 2.28. The third-order valence-electron chi connectivity index (χ3n) is 3.33. The first-order chi connectivity index (χ1) is 9.63. The smallest absolute Gasteiger partial charge is 0.280 e. The van der Waals surface area contributed by atoms with Crippen LogP contribution in [0, 0.1) is 0 Å². The Balaban J connectivity index is 1.94. The van der Waals surface area contributed by atoms with E-state index < -0.39 is 16.3 Å². The zero-order valence-corrected chi connectivity index (χ0v) is 12.2. The van der Waals surface area contributed by atoms with E-state index in [1.54, 1.807) is 0 Å². The summed E-state index contributed by atoms with van der Waals surface area (Å²) in [5.41, 5.74) is 0. The molecule has 8 nitrogen and oxygen atoms in total. The van der Waals surface area contributed by atoms with Crippen molar-refractivity contribution in [1.82, 2.24) is 9.03 Å². The van der Waals surface area contributed by atoms with E-state index in [9.17, 15) is 8.42 Å². The number of aliphatic hydroxyl groups excluding tert-OH is 1. The van der Waals surface area contributed by atoms with Gasteiger partial charge in [0.25, 0.3) is 10.2 Å². The number of hydrogen-bond donors (Lipinski definition) is 2. The number of aliphatic hydroxyl groups is 1. The number of nitrogens with one attached hydrogen (secondary N) is 1. The van der Waals surface area contributed by atoms with Gasteiger partial charge >= 0.3 is 0 Å². The summed E-state index contributed by atoms with van der Waals surface area (Å²) in [7, 11) is -3.56. The van der Waals surface area contributed by atoms with Crippen LogP contribution in [0.3, 0.4) is 0 Å². The molecule has 0 aromatic heterocycles. The Bertz CT molecular complexity index is 384. The van der Waals surface area contributed by atoms with Crippen LogP contribution >= 0.6 is 0 Å². The molecule has 0 aromatic rings. The number of nitrogens with zero attached hydrogens (tertiary/aromatic N) is 1. The molecule has 0 saturated carbocycles. The molecule has 0 bridgehead atoms. The SMILES string of the molecule is O=S(=O)(N[C@H]1COCC[C@H]1OCCO)N1CCOCC1. The van der Waals surface area contributed by atoms with E-state index in [1.807, 2.05) is 0 Å². The summed E-state index contributed by atoms with van der Waals surface area (Å²) in [5, 5.41) is 8.80. The van der Waals surface area contributed by atoms with Gasteiger partial charge in [-0.05, 0) is 6.42 Å². The molecule has 0 spiro atoms. The van der Waals surface area contributed by atoms with E-state index in [0.717, 1.165) is 0 Å². The fraction of sp³-hybridized carbons (Fsp3) is 1.00. The highest BCUT2D eigenvalue weighted by Gasteiger charge is 2.33. The van der Waals surface area contributed by atoms with Crippen LogP contribution in [-0.2, 0) is 24.4 Å². The topological polar surface area (TPSA) is 97.3 Å². The summed E-state index contributed by atoms with van der Waals surface area (Å²) in [6.07, 6.45) is 0.336. The highest BCUT2D eigenvalue weighted by molar-refractivity contribution is 7.87. The van der Waals surface area contributed by atoms with Gasteiger partial charge in [-0.2, -0.15) is 17.4 Å². The van der Waals surface area contributed by atoms with Crippen molar-refractivity contribution in [1.29, 1.82) is 0 Å². The molecule has 0 aliphatic carbocycles. The van der Waals surface area contributed by atoms with Gasteiger partial charge in [-0.3, -0.25) is 0 Å². The monoisotopic (exact) mass is 310 g/mol. The van der Waals surface area contributed by atoms with Gasteiger partial charge in [0.2, 0.25) is 0 Å². The molecule has 2 atom stereocenters. The molecular weight excluding hydrogens is 288 g/mol. The molecule has 2 aliphatic rings. The van der Waals surface area contributed by atoms with Crippen molar-refractivity contribution >= 4 is 10.2 Å². The van der Waals surface area contributed by atoms with Crippen LogP contribution in [0.25, 0.3) is 0 Å². The lowest BCUT2D eigenvalue weighted by atomic mass is 10.1. The Morgan fingerprint density at radius 1 is 1.25 bits per heavy atom. The third-order valence-corrected chi connectivity index (χ3v) is 4.97. The lowest BCUT2D eigenvalue weighted by Crippen LogP contribution is -2.56. The van der Waals surface area contributed by atoms with Crippen molar-refractivity contribution in [3.8, 4) is 0 Å². The van der Waals surface area contributed by atoms with E-state index >= 15 is 0 Å². The molecule has 118 valence electrons. The van der Waals surface area contributed by atoms with Crippen LogP contribution in [0.15, 0.2) is 0 Å². The van der Waals surface area contributed by atoms with Crippen molar-refractivity contribution in [2.75, 3.05) is 52.7 Å². The number of rotatable bonds is 6. The van der Waals surface area contributed by atoms with Crippen molar-refractivity contribution in [3.63, 3.8) is 0 Å². The first-order valence-electron chi connectivity index (χ1n) is 6.79. The van der Waals surface area contributed by atoms with Crippen molar-refractivity contribution < 1.29 is 27.7 Å². The summed E-state index contributed by atoms with van der Waals surface area (Å²) < 4.78 is 44.5. The second-order valence-electron chi connectivity index (χ2n) is 4.74. The van der Waals surface area contributed by atoms with Crippen molar-refractivity contribution in [2.45, 2.75) is 18.6 Å². The van der Waals surface area contributed by atoms with Gasteiger partial charge in [-0.1, -0.05) is 0 Å². The molecule has 2 heterocycles. The van der Waals surface area contributed by atoms with Crippen LogP contribution < -0.4 is 4.72 Å². The first-order valence-corrected chi connectivity index (χ1v) is 8.23. The molecule has 2 rings (SSSR count). The Kier molecular flexibility index (Phi) is 6.15. The standard InChI is InChI=1S/C11H22N2O6S/c14-4-8-19-11-1-5-18-9-10(11)12-20(15,16)13-2-6-17-7-3-13/h10-12,14H,1-9H2/t10-,11+/m0/s1.